The third kappa shape index (κ3) is 2.16. The zero-order chi connectivity index (χ0) is 15.2. The molecule has 1 fully saturated rings. The van der Waals surface area contributed by atoms with Crippen LogP contribution >= 0.6 is 0 Å². The fourth-order valence-corrected chi connectivity index (χ4v) is 3.13. The van der Waals surface area contributed by atoms with Gasteiger partial charge in [0.1, 0.15) is 17.5 Å². The number of carbonyl (C=O) groups excluding carboxylic acids is 1. The van der Waals surface area contributed by atoms with Gasteiger partial charge >= 0.3 is 0 Å². The second-order valence-corrected chi connectivity index (χ2v) is 6.12. The van der Waals surface area contributed by atoms with Crippen molar-refractivity contribution >= 4 is 11.6 Å². The minimum atomic E-state index is -0.826. The maximum absolute atomic E-state index is 12.1. The van der Waals surface area contributed by atoms with Crippen LogP contribution in [0.3, 0.4) is 0 Å². The monoisotopic (exact) mass is 286 g/mol. The maximum Gasteiger partial charge on any atom is 0.223 e. The quantitative estimate of drug-likeness (QED) is 0.807. The van der Waals surface area contributed by atoms with Crippen LogP contribution in [0.1, 0.15) is 38.3 Å². The Morgan fingerprint density at radius 3 is 2.86 bits per heavy atom. The summed E-state index contributed by atoms with van der Waals surface area (Å²) in [5.74, 6) is 0.693. The standard InChI is InChI=1S/C16H18N2O3/c1-16(2)15(20)14(18-8-4-5-13(18)19)11-9-10(17-3)6-7-12(11)21-16/h6-7,9,14-15,20H,4-5,8H2,1-2H3/t14-,15+/m1/s1. The molecular formula is C16H18N2O3. The molecule has 0 aromatic heterocycles. The predicted molar refractivity (Wildman–Crippen MR) is 77.1 cm³/mol. The average molecular weight is 286 g/mol. The highest BCUT2D eigenvalue weighted by Gasteiger charge is 2.47. The molecule has 1 N–H and O–H groups in total. The van der Waals surface area contributed by atoms with Gasteiger partial charge in [-0.15, -0.1) is 0 Å². The van der Waals surface area contributed by atoms with Crippen LogP contribution in [0.5, 0.6) is 5.75 Å². The number of hydrogen-bond donors (Lipinski definition) is 1. The summed E-state index contributed by atoms with van der Waals surface area (Å²) in [7, 11) is 0. The SMILES string of the molecule is [C-]#[N+]c1ccc2c(c1)[C@@H](N1CCCC1=O)[C@H](O)C(C)(C)O2. The van der Waals surface area contributed by atoms with Crippen molar-refractivity contribution in [3.63, 3.8) is 0 Å². The maximum atomic E-state index is 12.1. The number of benzene rings is 1. The molecule has 2 aliphatic rings. The van der Waals surface area contributed by atoms with E-state index in [1.54, 1.807) is 23.1 Å². The highest BCUT2D eigenvalue weighted by Crippen LogP contribution is 2.45. The number of ether oxygens (including phenoxy) is 1. The number of carbonyl (C=O) groups is 1. The van der Waals surface area contributed by atoms with Gasteiger partial charge in [0.05, 0.1) is 12.6 Å². The fraction of sp³-hybridized carbons (Fsp3) is 0.500. The topological polar surface area (TPSA) is 54.1 Å². The van der Waals surface area contributed by atoms with Gasteiger partial charge < -0.3 is 14.7 Å². The molecule has 5 heteroatoms. The van der Waals surface area contributed by atoms with E-state index in [1.807, 2.05) is 13.8 Å². The lowest BCUT2D eigenvalue weighted by molar-refractivity contribution is -0.139. The molecule has 1 amide bonds. The highest BCUT2D eigenvalue weighted by molar-refractivity contribution is 5.79. The van der Waals surface area contributed by atoms with Gasteiger partial charge in [-0.25, -0.2) is 4.85 Å². The van der Waals surface area contributed by atoms with Gasteiger partial charge in [0, 0.05) is 18.5 Å². The lowest BCUT2D eigenvalue weighted by atomic mass is 9.85. The molecule has 2 aliphatic heterocycles. The number of hydrogen-bond acceptors (Lipinski definition) is 3. The Hall–Kier alpha value is -2.06. The summed E-state index contributed by atoms with van der Waals surface area (Å²) >= 11 is 0. The van der Waals surface area contributed by atoms with Gasteiger partial charge in [0.2, 0.25) is 5.91 Å². The van der Waals surface area contributed by atoms with Gasteiger partial charge in [0.15, 0.2) is 5.69 Å². The second-order valence-electron chi connectivity index (χ2n) is 6.12. The van der Waals surface area contributed by atoms with Crippen molar-refractivity contribution in [2.75, 3.05) is 6.54 Å². The molecule has 0 bridgehead atoms. The lowest BCUT2D eigenvalue weighted by Crippen LogP contribution is -2.53. The fourth-order valence-electron chi connectivity index (χ4n) is 3.13. The molecule has 1 aromatic carbocycles. The van der Waals surface area contributed by atoms with Crippen LogP contribution in [0.2, 0.25) is 0 Å². The molecule has 0 radical (unpaired) electrons. The molecule has 0 aliphatic carbocycles. The zero-order valence-electron chi connectivity index (χ0n) is 12.2. The first-order chi connectivity index (χ1) is 9.94. The van der Waals surface area contributed by atoms with E-state index in [1.165, 1.54) is 0 Å². The van der Waals surface area contributed by atoms with Crippen molar-refractivity contribution in [1.82, 2.24) is 4.90 Å². The number of aliphatic hydroxyl groups is 1. The van der Waals surface area contributed by atoms with Gasteiger partial charge in [0.25, 0.3) is 0 Å². The molecular weight excluding hydrogens is 268 g/mol. The van der Waals surface area contributed by atoms with E-state index in [0.717, 1.165) is 12.0 Å². The first-order valence-electron chi connectivity index (χ1n) is 7.12. The van der Waals surface area contributed by atoms with E-state index >= 15 is 0 Å². The van der Waals surface area contributed by atoms with Crippen molar-refractivity contribution in [2.45, 2.75) is 44.4 Å². The minimum absolute atomic E-state index is 0.0518. The molecule has 5 nitrogen and oxygen atoms in total. The van der Waals surface area contributed by atoms with E-state index in [4.69, 9.17) is 11.3 Å². The molecule has 1 aromatic rings. The van der Waals surface area contributed by atoms with E-state index < -0.39 is 17.7 Å². The largest absolute Gasteiger partial charge is 0.485 e. The summed E-state index contributed by atoms with van der Waals surface area (Å²) in [6.07, 6.45) is 0.497. The van der Waals surface area contributed by atoms with Crippen molar-refractivity contribution < 1.29 is 14.6 Å². The third-order valence-electron chi connectivity index (χ3n) is 4.27. The van der Waals surface area contributed by atoms with Gasteiger partial charge in [-0.05, 0) is 32.4 Å². The second kappa shape index (κ2) is 4.74. The van der Waals surface area contributed by atoms with Crippen molar-refractivity contribution in [3.05, 3.63) is 35.2 Å². The molecule has 0 saturated carbocycles. The van der Waals surface area contributed by atoms with Crippen LogP contribution in [0.25, 0.3) is 4.85 Å². The van der Waals surface area contributed by atoms with Crippen molar-refractivity contribution in [2.24, 2.45) is 0 Å². The Labute approximate surface area is 124 Å². The molecule has 21 heavy (non-hydrogen) atoms. The van der Waals surface area contributed by atoms with Crippen LogP contribution < -0.4 is 4.74 Å². The predicted octanol–water partition coefficient (Wildman–Crippen LogP) is 2.43. The van der Waals surface area contributed by atoms with Crippen LogP contribution in [0.4, 0.5) is 5.69 Å². The van der Waals surface area contributed by atoms with Crippen LogP contribution in [-0.2, 0) is 4.79 Å². The van der Waals surface area contributed by atoms with Crippen LogP contribution in [0.15, 0.2) is 18.2 Å². The number of nitrogens with zero attached hydrogens (tertiary/aromatic N) is 2. The number of fused-ring (bicyclic) bond motifs is 1. The number of likely N-dealkylation sites (tertiary alicyclic amines) is 1. The molecule has 110 valence electrons. The Bertz CT molecular complexity index is 633. The smallest absolute Gasteiger partial charge is 0.223 e. The molecule has 2 heterocycles. The molecule has 1 saturated heterocycles. The first-order valence-corrected chi connectivity index (χ1v) is 7.12. The Kier molecular flexibility index (Phi) is 3.14. The molecule has 2 atom stereocenters. The highest BCUT2D eigenvalue weighted by atomic mass is 16.5. The summed E-state index contributed by atoms with van der Waals surface area (Å²) in [5, 5.41) is 10.7. The van der Waals surface area contributed by atoms with Gasteiger partial charge in [-0.1, -0.05) is 6.07 Å². The first kappa shape index (κ1) is 13.9. The Balaban J connectivity index is 2.12. The van der Waals surface area contributed by atoms with E-state index in [0.29, 0.717) is 24.4 Å². The molecule has 3 rings (SSSR count). The van der Waals surface area contributed by atoms with Gasteiger partial charge in [-0.3, -0.25) is 4.79 Å². The Morgan fingerprint density at radius 1 is 1.48 bits per heavy atom. The minimum Gasteiger partial charge on any atom is -0.485 e. The Morgan fingerprint density at radius 2 is 2.24 bits per heavy atom. The van der Waals surface area contributed by atoms with Crippen LogP contribution in [-0.4, -0.2) is 34.2 Å². The van der Waals surface area contributed by atoms with Gasteiger partial charge in [-0.2, -0.15) is 0 Å². The molecule has 0 spiro atoms. The molecule has 0 unspecified atom stereocenters. The number of aliphatic hydroxyl groups excluding tert-OH is 1. The van der Waals surface area contributed by atoms with Crippen molar-refractivity contribution in [1.29, 1.82) is 0 Å². The summed E-state index contributed by atoms with van der Waals surface area (Å²) in [6, 6.07) is 4.73. The normalized spacial score (nSPS) is 27.0. The van der Waals surface area contributed by atoms with Crippen LogP contribution in [0, 0.1) is 6.57 Å². The number of amides is 1. The number of rotatable bonds is 1. The third-order valence-corrected chi connectivity index (χ3v) is 4.27. The summed E-state index contributed by atoms with van der Waals surface area (Å²) in [5.41, 5.74) is 0.437. The summed E-state index contributed by atoms with van der Waals surface area (Å²) < 4.78 is 5.87. The van der Waals surface area contributed by atoms with E-state index in [9.17, 15) is 9.90 Å². The summed E-state index contributed by atoms with van der Waals surface area (Å²) in [4.78, 5) is 17.3. The average Bonchev–Trinajstić information content (AvgIpc) is 2.86. The van der Waals surface area contributed by atoms with E-state index in [-0.39, 0.29) is 5.91 Å². The van der Waals surface area contributed by atoms with E-state index in [2.05, 4.69) is 4.85 Å². The lowest BCUT2D eigenvalue weighted by Gasteiger charge is -2.45. The summed E-state index contributed by atoms with van der Waals surface area (Å²) in [6.45, 7) is 11.4. The zero-order valence-corrected chi connectivity index (χ0v) is 12.2. The van der Waals surface area contributed by atoms with Crippen molar-refractivity contribution in [3.8, 4) is 5.75 Å².